The lowest BCUT2D eigenvalue weighted by molar-refractivity contribution is 0.150. The standard InChI is InChI=1S/C24H30F2N6S3/c1-4-14(7-10-27-13(2)33)17-11-16(35-31-24(3)8-9-24)12-32-19(17)18(15-5-6-15)28-21(32)23-30-29-22(34-23)20(25)26/h7,11-13,15,20,27,31,33H,4-6,8-10H2,1-3H3/b14-7+. The third-order valence-electron chi connectivity index (χ3n) is 6.42. The molecule has 0 aromatic carbocycles. The number of aromatic nitrogens is 4. The summed E-state index contributed by atoms with van der Waals surface area (Å²) in [6, 6.07) is 2.24. The lowest BCUT2D eigenvalue weighted by Crippen LogP contribution is -2.20. The molecular formula is C24H30F2N6S3. The maximum Gasteiger partial charge on any atom is 0.291 e. The predicted octanol–water partition coefficient (Wildman–Crippen LogP) is 6.48. The van der Waals surface area contributed by atoms with Crippen molar-refractivity contribution in [3.8, 4) is 10.8 Å². The lowest BCUT2D eigenvalue weighted by Gasteiger charge is -2.15. The van der Waals surface area contributed by atoms with Crippen LogP contribution in [-0.2, 0) is 0 Å². The zero-order valence-electron chi connectivity index (χ0n) is 20.0. The van der Waals surface area contributed by atoms with Gasteiger partial charge in [0.25, 0.3) is 6.43 Å². The quantitative estimate of drug-likeness (QED) is 0.148. The number of nitrogens with one attached hydrogen (secondary N) is 2. The smallest absolute Gasteiger partial charge is 0.291 e. The van der Waals surface area contributed by atoms with Gasteiger partial charge < -0.3 is 5.32 Å². The Labute approximate surface area is 217 Å². The highest BCUT2D eigenvalue weighted by atomic mass is 32.2. The summed E-state index contributed by atoms with van der Waals surface area (Å²) in [6.45, 7) is 7.10. The Kier molecular flexibility index (Phi) is 7.24. The molecule has 0 saturated heterocycles. The zero-order chi connectivity index (χ0) is 24.7. The van der Waals surface area contributed by atoms with Gasteiger partial charge in [-0.2, -0.15) is 12.6 Å². The van der Waals surface area contributed by atoms with Crippen molar-refractivity contribution in [2.75, 3.05) is 6.54 Å². The Morgan fingerprint density at radius 2 is 2.14 bits per heavy atom. The second-order valence-electron chi connectivity index (χ2n) is 9.58. The van der Waals surface area contributed by atoms with E-state index in [1.54, 1.807) is 11.9 Å². The van der Waals surface area contributed by atoms with Gasteiger partial charge in [-0.3, -0.25) is 9.12 Å². The number of hydrogen-bond donors (Lipinski definition) is 3. The van der Waals surface area contributed by atoms with Crippen LogP contribution in [0.5, 0.6) is 0 Å². The summed E-state index contributed by atoms with van der Waals surface area (Å²) in [5, 5.41) is 11.4. The first-order chi connectivity index (χ1) is 16.8. The van der Waals surface area contributed by atoms with E-state index < -0.39 is 6.43 Å². The van der Waals surface area contributed by atoms with Crippen LogP contribution in [0.2, 0.25) is 0 Å². The normalized spacial score (nSPS) is 18.5. The maximum absolute atomic E-state index is 13.3. The number of hydrogen-bond acceptors (Lipinski definition) is 8. The van der Waals surface area contributed by atoms with E-state index in [1.807, 2.05) is 6.92 Å². The molecule has 0 bridgehead atoms. The van der Waals surface area contributed by atoms with Crippen LogP contribution >= 0.6 is 35.9 Å². The van der Waals surface area contributed by atoms with Crippen LogP contribution in [0, 0.1) is 0 Å². The third kappa shape index (κ3) is 5.58. The largest absolute Gasteiger partial charge is 0.302 e. The van der Waals surface area contributed by atoms with Crippen molar-refractivity contribution in [1.82, 2.24) is 29.6 Å². The summed E-state index contributed by atoms with van der Waals surface area (Å²) in [6.07, 6.45) is 6.98. The van der Waals surface area contributed by atoms with E-state index in [1.165, 1.54) is 5.57 Å². The molecule has 0 spiro atoms. The summed E-state index contributed by atoms with van der Waals surface area (Å²) >= 11 is 6.96. The molecule has 2 N–H and O–H groups in total. The fourth-order valence-corrected chi connectivity index (χ4v) is 5.69. The van der Waals surface area contributed by atoms with Crippen molar-refractivity contribution in [3.05, 3.63) is 34.6 Å². The average Bonchev–Trinajstić information content (AvgIpc) is 3.71. The first-order valence-corrected chi connectivity index (χ1v) is 14.2. The molecule has 2 aliphatic carbocycles. The summed E-state index contributed by atoms with van der Waals surface area (Å²) in [5.41, 5.74) is 4.59. The number of rotatable bonds is 11. The van der Waals surface area contributed by atoms with Crippen molar-refractivity contribution in [3.63, 3.8) is 0 Å². The summed E-state index contributed by atoms with van der Waals surface area (Å²) in [4.78, 5) is 6.03. The molecule has 3 aromatic rings. The van der Waals surface area contributed by atoms with Crippen molar-refractivity contribution >= 4 is 47.0 Å². The van der Waals surface area contributed by atoms with Gasteiger partial charge in [0.05, 0.1) is 11.2 Å². The maximum atomic E-state index is 13.3. The molecule has 11 heteroatoms. The number of thiol groups is 1. The monoisotopic (exact) mass is 536 g/mol. The molecule has 1 unspecified atom stereocenters. The Bertz CT molecular complexity index is 1240. The molecular weight excluding hydrogens is 507 g/mol. The second kappa shape index (κ2) is 10.1. The highest BCUT2D eigenvalue weighted by Crippen LogP contribution is 2.46. The summed E-state index contributed by atoms with van der Waals surface area (Å²) < 4.78 is 32.2. The third-order valence-corrected chi connectivity index (χ3v) is 8.59. The number of alkyl halides is 2. The van der Waals surface area contributed by atoms with Crippen molar-refractivity contribution in [1.29, 1.82) is 0 Å². The first-order valence-electron chi connectivity index (χ1n) is 12.0. The number of halogens is 2. The Morgan fingerprint density at radius 3 is 2.74 bits per heavy atom. The summed E-state index contributed by atoms with van der Waals surface area (Å²) in [7, 11) is 0. The fourth-order valence-electron chi connectivity index (χ4n) is 3.99. The molecule has 0 amide bonds. The minimum atomic E-state index is -2.64. The van der Waals surface area contributed by atoms with Gasteiger partial charge in [-0.05, 0) is 69.5 Å². The van der Waals surface area contributed by atoms with Crippen LogP contribution in [0.4, 0.5) is 8.78 Å². The molecule has 0 aliphatic heterocycles. The van der Waals surface area contributed by atoms with E-state index in [0.29, 0.717) is 23.3 Å². The number of pyridine rings is 1. The molecule has 2 fully saturated rings. The molecule has 6 nitrogen and oxygen atoms in total. The Balaban J connectivity index is 1.66. The van der Waals surface area contributed by atoms with Crippen LogP contribution in [0.25, 0.3) is 21.9 Å². The van der Waals surface area contributed by atoms with Gasteiger partial charge in [0.15, 0.2) is 15.8 Å². The fraction of sp³-hybridized carbons (Fsp3) is 0.542. The number of fused-ring (bicyclic) bond motifs is 1. The molecule has 188 valence electrons. The van der Waals surface area contributed by atoms with Crippen LogP contribution in [-0.4, -0.2) is 37.0 Å². The number of nitrogens with zero attached hydrogens (tertiary/aromatic N) is 4. The van der Waals surface area contributed by atoms with E-state index in [-0.39, 0.29) is 15.9 Å². The molecule has 0 radical (unpaired) electrons. The number of imidazole rings is 1. The van der Waals surface area contributed by atoms with Crippen LogP contribution in [0.15, 0.2) is 23.2 Å². The van der Waals surface area contributed by atoms with Crippen molar-refractivity contribution in [2.24, 2.45) is 0 Å². The highest BCUT2D eigenvalue weighted by Gasteiger charge is 2.37. The van der Waals surface area contributed by atoms with Crippen molar-refractivity contribution in [2.45, 2.75) is 81.0 Å². The lowest BCUT2D eigenvalue weighted by atomic mass is 10.0. The Hall–Kier alpha value is -1.53. The van der Waals surface area contributed by atoms with Gasteiger partial charge in [0, 0.05) is 40.0 Å². The van der Waals surface area contributed by atoms with E-state index in [0.717, 1.165) is 65.1 Å². The van der Waals surface area contributed by atoms with Gasteiger partial charge in [-0.25, -0.2) is 13.8 Å². The van der Waals surface area contributed by atoms with Gasteiger partial charge in [-0.1, -0.05) is 24.3 Å². The predicted molar refractivity (Wildman–Crippen MR) is 142 cm³/mol. The van der Waals surface area contributed by atoms with E-state index in [4.69, 9.17) is 4.98 Å². The van der Waals surface area contributed by atoms with Crippen LogP contribution in [0.1, 0.15) is 81.5 Å². The molecule has 2 saturated carbocycles. The first kappa shape index (κ1) is 25.1. The Morgan fingerprint density at radius 1 is 1.37 bits per heavy atom. The topological polar surface area (TPSA) is 67.1 Å². The number of allylic oxidation sites excluding steroid dienone is 1. The van der Waals surface area contributed by atoms with Gasteiger partial charge in [-0.15, -0.1) is 10.2 Å². The van der Waals surface area contributed by atoms with Gasteiger partial charge in [0.1, 0.15) is 0 Å². The van der Waals surface area contributed by atoms with Gasteiger partial charge in [0.2, 0.25) is 0 Å². The molecule has 5 rings (SSSR count). The summed E-state index contributed by atoms with van der Waals surface area (Å²) in [5.74, 6) is 0.973. The molecule has 1 atom stereocenters. The van der Waals surface area contributed by atoms with E-state index in [2.05, 4.69) is 69.5 Å². The highest BCUT2D eigenvalue weighted by molar-refractivity contribution is 7.97. The molecule has 2 aliphatic rings. The SMILES string of the molecule is CC/C(=C\CNC(C)S)c1cc(SNC2(C)CC2)cn2c(-c3nnc(C(F)F)s3)nc(C3CC3)c12. The van der Waals surface area contributed by atoms with Crippen molar-refractivity contribution < 1.29 is 8.78 Å². The van der Waals surface area contributed by atoms with Crippen LogP contribution in [0.3, 0.4) is 0 Å². The minimum Gasteiger partial charge on any atom is -0.302 e. The molecule has 3 aromatic heterocycles. The molecule has 3 heterocycles. The zero-order valence-corrected chi connectivity index (χ0v) is 22.5. The average molecular weight is 537 g/mol. The van der Waals surface area contributed by atoms with E-state index >= 15 is 0 Å². The van der Waals surface area contributed by atoms with Crippen LogP contribution < -0.4 is 10.0 Å². The van der Waals surface area contributed by atoms with E-state index in [9.17, 15) is 8.78 Å². The molecule has 35 heavy (non-hydrogen) atoms. The minimum absolute atomic E-state index is 0.0970. The second-order valence-corrected chi connectivity index (χ2v) is 12.2. The van der Waals surface area contributed by atoms with Gasteiger partial charge >= 0.3 is 0 Å².